The monoisotopic (exact) mass is 465 g/mol. The van der Waals surface area contributed by atoms with Crippen molar-refractivity contribution in [3.63, 3.8) is 0 Å². The number of carboxylic acid groups (broad SMARTS) is 1. The first kappa shape index (κ1) is 22.3. The number of urea groups is 1. The van der Waals surface area contributed by atoms with Crippen molar-refractivity contribution in [1.82, 2.24) is 9.80 Å². The summed E-state index contributed by atoms with van der Waals surface area (Å²) in [7, 11) is 0. The van der Waals surface area contributed by atoms with Crippen LogP contribution in [-0.2, 0) is 16.1 Å². The van der Waals surface area contributed by atoms with Crippen molar-refractivity contribution in [2.75, 3.05) is 24.5 Å². The number of benzene rings is 2. The van der Waals surface area contributed by atoms with Crippen LogP contribution >= 0.6 is 11.3 Å². The number of thiophene rings is 1. The van der Waals surface area contributed by atoms with Gasteiger partial charge in [0.15, 0.2) is 0 Å². The van der Waals surface area contributed by atoms with Gasteiger partial charge in [0.05, 0.1) is 17.9 Å². The van der Waals surface area contributed by atoms with Crippen LogP contribution in [0.5, 0.6) is 0 Å². The van der Waals surface area contributed by atoms with Crippen molar-refractivity contribution in [2.45, 2.75) is 12.6 Å². The van der Waals surface area contributed by atoms with Crippen LogP contribution in [0.2, 0.25) is 0 Å². The second kappa shape index (κ2) is 10.2. The third-order valence-corrected chi connectivity index (χ3v) is 6.16. The third kappa shape index (κ3) is 5.15. The minimum atomic E-state index is -1.20. The molecule has 3 amide bonds. The molecule has 4 rings (SSSR count). The summed E-state index contributed by atoms with van der Waals surface area (Å²) >= 11 is 1.47. The summed E-state index contributed by atoms with van der Waals surface area (Å²) in [6.07, 6.45) is -0.593. The normalized spacial score (nSPS) is 15.7. The van der Waals surface area contributed by atoms with E-state index in [1.807, 2.05) is 53.9 Å². The van der Waals surface area contributed by atoms with E-state index >= 15 is 0 Å². The number of hydrogen-bond acceptors (Lipinski definition) is 5. The number of amides is 3. The molecule has 0 saturated carbocycles. The molecule has 0 bridgehead atoms. The Labute approximate surface area is 195 Å². The summed E-state index contributed by atoms with van der Waals surface area (Å²) in [6.45, 7) is 0.223. The van der Waals surface area contributed by atoms with Crippen molar-refractivity contribution in [3.8, 4) is 0 Å². The molecule has 1 aliphatic heterocycles. The van der Waals surface area contributed by atoms with Gasteiger partial charge in [-0.05, 0) is 35.7 Å². The van der Waals surface area contributed by atoms with Crippen LogP contribution in [0.15, 0.2) is 78.2 Å². The zero-order valence-corrected chi connectivity index (χ0v) is 18.6. The molecule has 1 fully saturated rings. The second-order valence-corrected chi connectivity index (χ2v) is 8.45. The lowest BCUT2D eigenvalue weighted by Crippen LogP contribution is -2.61. The van der Waals surface area contributed by atoms with Crippen LogP contribution in [0.1, 0.15) is 4.88 Å². The second-order valence-electron chi connectivity index (χ2n) is 7.42. The average molecular weight is 466 g/mol. The summed E-state index contributed by atoms with van der Waals surface area (Å²) in [4.78, 5) is 43.3. The molecule has 1 atom stereocenters. The van der Waals surface area contributed by atoms with Crippen molar-refractivity contribution < 1.29 is 24.2 Å². The molecule has 0 unspecified atom stereocenters. The van der Waals surface area contributed by atoms with E-state index in [4.69, 9.17) is 4.74 Å². The van der Waals surface area contributed by atoms with E-state index in [0.29, 0.717) is 11.4 Å². The highest BCUT2D eigenvalue weighted by Crippen LogP contribution is 2.28. The number of para-hydroxylation sites is 2. The van der Waals surface area contributed by atoms with Crippen molar-refractivity contribution in [3.05, 3.63) is 83.1 Å². The van der Waals surface area contributed by atoms with E-state index in [0.717, 1.165) is 4.88 Å². The maximum atomic E-state index is 13.6. The number of nitrogens with zero attached hydrogens (tertiary/aromatic N) is 3. The molecule has 9 heteroatoms. The number of ether oxygens (including phenoxy) is 1. The van der Waals surface area contributed by atoms with Gasteiger partial charge in [-0.3, -0.25) is 4.90 Å². The topological polar surface area (TPSA) is 90.4 Å². The van der Waals surface area contributed by atoms with Gasteiger partial charge in [-0.25, -0.2) is 14.4 Å². The van der Waals surface area contributed by atoms with Gasteiger partial charge in [0.1, 0.15) is 12.6 Å². The molecule has 8 nitrogen and oxygen atoms in total. The molecule has 33 heavy (non-hydrogen) atoms. The number of piperazine rings is 1. The van der Waals surface area contributed by atoms with Crippen LogP contribution in [-0.4, -0.2) is 58.7 Å². The van der Waals surface area contributed by atoms with E-state index in [9.17, 15) is 19.5 Å². The molecule has 1 aromatic heterocycles. The van der Waals surface area contributed by atoms with Gasteiger partial charge in [-0.2, -0.15) is 0 Å². The Morgan fingerprint density at radius 3 is 2.12 bits per heavy atom. The third-order valence-electron chi connectivity index (χ3n) is 5.31. The largest absolute Gasteiger partial charge is 0.480 e. The Balaban J connectivity index is 1.52. The highest BCUT2D eigenvalue weighted by Gasteiger charge is 2.40. The summed E-state index contributed by atoms with van der Waals surface area (Å²) in [5.41, 5.74) is 1.24. The van der Waals surface area contributed by atoms with Gasteiger partial charge in [0.2, 0.25) is 0 Å². The van der Waals surface area contributed by atoms with Gasteiger partial charge in [-0.1, -0.05) is 42.5 Å². The van der Waals surface area contributed by atoms with Crippen LogP contribution in [0.25, 0.3) is 0 Å². The number of carbonyl (C=O) groups excluding carboxylic acids is 2. The number of carbonyl (C=O) groups is 3. The smallest absolute Gasteiger partial charge is 0.410 e. The molecule has 2 heterocycles. The maximum absolute atomic E-state index is 13.6. The molecular formula is C24H23N3O5S. The highest BCUT2D eigenvalue weighted by atomic mass is 32.1. The van der Waals surface area contributed by atoms with Gasteiger partial charge in [0, 0.05) is 18.0 Å². The molecule has 1 N–H and O–H groups in total. The first-order chi connectivity index (χ1) is 16.0. The standard InChI is InChI=1S/C24H23N3O5S/c28-22(29)21-16-25(24(31)32-17-20-12-7-15-33-20)13-14-26(21)23(30)27(18-8-3-1-4-9-18)19-10-5-2-6-11-19/h1-12,15,21H,13-14,16-17H2,(H,28,29)/t21-/m0/s1. The van der Waals surface area contributed by atoms with Crippen molar-refractivity contribution in [1.29, 1.82) is 0 Å². The SMILES string of the molecule is O=C(O)[C@@H]1CN(C(=O)OCc2cccs2)CCN1C(=O)N(c1ccccc1)c1ccccc1. The number of hydrogen-bond donors (Lipinski definition) is 1. The summed E-state index contributed by atoms with van der Waals surface area (Å²) in [5.74, 6) is -1.18. The summed E-state index contributed by atoms with van der Waals surface area (Å²) < 4.78 is 5.33. The summed E-state index contributed by atoms with van der Waals surface area (Å²) in [6, 6.07) is 20.2. The first-order valence-electron chi connectivity index (χ1n) is 10.4. The van der Waals surface area contributed by atoms with Gasteiger partial charge in [0.25, 0.3) is 0 Å². The molecule has 3 aromatic rings. The fraction of sp³-hybridized carbons (Fsp3) is 0.208. The van der Waals surface area contributed by atoms with Crippen molar-refractivity contribution in [2.24, 2.45) is 0 Å². The van der Waals surface area contributed by atoms with Crippen LogP contribution < -0.4 is 4.90 Å². The van der Waals surface area contributed by atoms with E-state index in [1.54, 1.807) is 24.3 Å². The van der Waals surface area contributed by atoms with Crippen LogP contribution in [0.4, 0.5) is 21.0 Å². The molecule has 170 valence electrons. The Kier molecular flexibility index (Phi) is 6.89. The molecular weight excluding hydrogens is 442 g/mol. The van der Waals surface area contributed by atoms with Crippen molar-refractivity contribution >= 4 is 40.8 Å². The van der Waals surface area contributed by atoms with Gasteiger partial charge < -0.3 is 19.6 Å². The predicted molar refractivity (Wildman–Crippen MR) is 125 cm³/mol. The zero-order chi connectivity index (χ0) is 23.2. The van der Waals surface area contributed by atoms with Crippen LogP contribution in [0.3, 0.4) is 0 Å². The lowest BCUT2D eigenvalue weighted by molar-refractivity contribution is -0.143. The quantitative estimate of drug-likeness (QED) is 0.603. The van der Waals surface area contributed by atoms with E-state index < -0.39 is 24.1 Å². The molecule has 2 aromatic carbocycles. The number of rotatable bonds is 5. The Hall–Kier alpha value is -3.85. The molecule has 0 aliphatic carbocycles. The van der Waals surface area contributed by atoms with E-state index in [-0.39, 0.29) is 26.2 Å². The lowest BCUT2D eigenvalue weighted by Gasteiger charge is -2.40. The first-order valence-corrected chi connectivity index (χ1v) is 11.3. The maximum Gasteiger partial charge on any atom is 0.410 e. The van der Waals surface area contributed by atoms with Gasteiger partial charge >= 0.3 is 18.1 Å². The minimum absolute atomic E-state index is 0.0695. The highest BCUT2D eigenvalue weighted by molar-refractivity contribution is 7.09. The Bertz CT molecular complexity index is 1050. The van der Waals surface area contributed by atoms with Crippen LogP contribution in [0, 0.1) is 0 Å². The number of anilines is 2. The predicted octanol–water partition coefficient (Wildman–Crippen LogP) is 4.41. The fourth-order valence-corrected chi connectivity index (χ4v) is 4.28. The molecule has 0 spiro atoms. The van der Waals surface area contributed by atoms with E-state index in [2.05, 4.69) is 0 Å². The Morgan fingerprint density at radius 1 is 0.939 bits per heavy atom. The number of carboxylic acids is 1. The fourth-order valence-electron chi connectivity index (χ4n) is 3.66. The molecule has 1 saturated heterocycles. The van der Waals surface area contributed by atoms with Gasteiger partial charge in [-0.15, -0.1) is 11.3 Å². The number of aliphatic carboxylic acids is 1. The van der Waals surface area contributed by atoms with E-state index in [1.165, 1.54) is 26.0 Å². The average Bonchev–Trinajstić information content (AvgIpc) is 3.37. The zero-order valence-electron chi connectivity index (χ0n) is 17.7. The summed E-state index contributed by atoms with van der Waals surface area (Å²) in [5, 5.41) is 11.8. The lowest BCUT2D eigenvalue weighted by atomic mass is 10.1. The Morgan fingerprint density at radius 2 is 1.58 bits per heavy atom. The molecule has 0 radical (unpaired) electrons. The minimum Gasteiger partial charge on any atom is -0.480 e. The molecule has 1 aliphatic rings.